The van der Waals surface area contributed by atoms with Gasteiger partial charge in [-0.1, -0.05) is 6.07 Å². The minimum atomic E-state index is -4.60. The topological polar surface area (TPSA) is 107 Å². The first-order valence-corrected chi connectivity index (χ1v) is 7.44. The molecule has 0 amide bonds. The van der Waals surface area contributed by atoms with Crippen molar-refractivity contribution in [2.75, 3.05) is 14.2 Å². The van der Waals surface area contributed by atoms with Crippen LogP contribution >= 0.6 is 0 Å². The molecule has 2 aromatic carbocycles. The average molecular weight is 332 g/mol. The second-order valence-electron chi connectivity index (χ2n) is 4.37. The van der Waals surface area contributed by atoms with Crippen molar-refractivity contribution in [3.8, 4) is 0 Å². The average Bonchev–Trinajstić information content (AvgIpc) is 2.50. The molecule has 0 unspecified atom stereocenters. The number of benzene rings is 2. The van der Waals surface area contributed by atoms with Crippen LogP contribution in [0.4, 0.5) is 0 Å². The van der Waals surface area contributed by atoms with Crippen molar-refractivity contribution in [1.29, 1.82) is 0 Å². The summed E-state index contributed by atoms with van der Waals surface area (Å²) in [5.74, 6) is -1.40. The summed E-state index contributed by atoms with van der Waals surface area (Å²) in [5, 5.41) is 0.446. The summed E-state index contributed by atoms with van der Waals surface area (Å²) >= 11 is 0. The fourth-order valence-electron chi connectivity index (χ4n) is 2.02. The number of ether oxygens (including phenoxy) is 2. The van der Waals surface area contributed by atoms with E-state index in [4.69, 9.17) is 0 Å². The zero-order valence-corrected chi connectivity index (χ0v) is 12.5. The standard InChI is InChI=1S/C14H12O7S.Li.H/c1-20-13(15)9-4-3-8-5-10(14(16)21-2)7-12(11(8)6-9)22(17,18)19;;/h3-7H,1-2H3,(H,17,18,19);;. The van der Waals surface area contributed by atoms with E-state index < -0.39 is 27.0 Å². The Hall–Kier alpha value is -1.85. The predicted molar refractivity (Wildman–Crippen MR) is 83.6 cm³/mol. The van der Waals surface area contributed by atoms with Gasteiger partial charge in [-0.15, -0.1) is 0 Å². The Morgan fingerprint density at radius 2 is 1.52 bits per heavy atom. The van der Waals surface area contributed by atoms with Crippen molar-refractivity contribution in [3.63, 3.8) is 0 Å². The van der Waals surface area contributed by atoms with E-state index in [2.05, 4.69) is 9.47 Å². The molecule has 0 bridgehead atoms. The molecule has 0 radical (unpaired) electrons. The van der Waals surface area contributed by atoms with Gasteiger partial charge < -0.3 is 9.47 Å². The molecule has 0 saturated carbocycles. The van der Waals surface area contributed by atoms with E-state index in [-0.39, 0.29) is 35.4 Å². The Bertz CT molecular complexity index is 874. The monoisotopic (exact) mass is 332 g/mol. The summed E-state index contributed by atoms with van der Waals surface area (Å²) in [6.45, 7) is 0. The molecule has 23 heavy (non-hydrogen) atoms. The van der Waals surface area contributed by atoms with Crippen molar-refractivity contribution in [2.45, 2.75) is 4.90 Å². The third-order valence-electron chi connectivity index (χ3n) is 3.04. The fourth-order valence-corrected chi connectivity index (χ4v) is 2.75. The molecule has 0 aliphatic heterocycles. The van der Waals surface area contributed by atoms with Gasteiger partial charge in [-0.05, 0) is 29.7 Å². The first kappa shape index (κ1) is 19.2. The van der Waals surface area contributed by atoms with Crippen LogP contribution < -0.4 is 0 Å². The van der Waals surface area contributed by atoms with Crippen LogP contribution in [0.2, 0.25) is 0 Å². The zero-order chi connectivity index (χ0) is 16.5. The molecule has 0 fully saturated rings. The number of hydrogen-bond acceptors (Lipinski definition) is 6. The maximum atomic E-state index is 11.6. The number of carbonyl (C=O) groups is 2. The number of fused-ring (bicyclic) bond motifs is 1. The molecule has 0 saturated heterocycles. The van der Waals surface area contributed by atoms with Gasteiger partial charge in [0.15, 0.2) is 0 Å². The number of hydrogen-bond donors (Lipinski definition) is 1. The molecule has 0 aromatic heterocycles. The summed E-state index contributed by atoms with van der Waals surface area (Å²) in [5.41, 5.74) is 0.0826. The van der Waals surface area contributed by atoms with E-state index in [0.29, 0.717) is 5.39 Å². The zero-order valence-electron chi connectivity index (χ0n) is 11.7. The molecule has 2 aromatic rings. The summed E-state index contributed by atoms with van der Waals surface area (Å²) < 4.78 is 41.6. The van der Waals surface area contributed by atoms with Crippen LogP contribution in [-0.4, -0.2) is 58.0 Å². The number of rotatable bonds is 3. The van der Waals surface area contributed by atoms with Gasteiger partial charge in [0.05, 0.1) is 25.3 Å². The molecule has 0 aliphatic rings. The van der Waals surface area contributed by atoms with Crippen molar-refractivity contribution < 1.29 is 32.0 Å². The minimum absolute atomic E-state index is 0. The predicted octanol–water partition coefficient (Wildman–Crippen LogP) is 1.01. The second kappa shape index (κ2) is 7.15. The van der Waals surface area contributed by atoms with Gasteiger partial charge in [0, 0.05) is 5.39 Å². The third kappa shape index (κ3) is 3.92. The van der Waals surface area contributed by atoms with Crippen molar-refractivity contribution in [3.05, 3.63) is 41.5 Å². The molecule has 7 nitrogen and oxygen atoms in total. The number of methoxy groups -OCH3 is 2. The molecular weight excluding hydrogens is 319 g/mol. The van der Waals surface area contributed by atoms with E-state index in [0.717, 1.165) is 13.2 Å². The van der Waals surface area contributed by atoms with Crippen LogP contribution in [0.5, 0.6) is 0 Å². The Morgan fingerprint density at radius 1 is 0.957 bits per heavy atom. The number of esters is 2. The van der Waals surface area contributed by atoms with Crippen LogP contribution in [0.1, 0.15) is 20.7 Å². The third-order valence-corrected chi connectivity index (χ3v) is 3.93. The van der Waals surface area contributed by atoms with E-state index in [1.807, 2.05) is 0 Å². The Balaban J connectivity index is 0.00000264. The van der Waals surface area contributed by atoms with Crippen LogP contribution in [0.3, 0.4) is 0 Å². The molecule has 0 spiro atoms. The first-order chi connectivity index (χ1) is 10.3. The summed E-state index contributed by atoms with van der Waals surface area (Å²) in [7, 11) is -2.26. The summed E-state index contributed by atoms with van der Waals surface area (Å²) in [4.78, 5) is 22.6. The normalized spacial score (nSPS) is 10.7. The SMILES string of the molecule is COC(=O)c1cc(S(=O)(=O)O)c2cc(C(=O)OC)ccc2c1.[LiH]. The van der Waals surface area contributed by atoms with E-state index in [1.54, 1.807) is 0 Å². The van der Waals surface area contributed by atoms with Gasteiger partial charge in [0.1, 0.15) is 4.90 Å². The molecule has 0 heterocycles. The van der Waals surface area contributed by atoms with E-state index >= 15 is 0 Å². The quantitative estimate of drug-likeness (QED) is 0.508. The maximum absolute atomic E-state index is 11.6. The molecule has 9 heteroatoms. The Labute approximate surface area is 144 Å². The molecule has 1 N–H and O–H groups in total. The van der Waals surface area contributed by atoms with Crippen LogP contribution in [0.25, 0.3) is 10.8 Å². The summed E-state index contributed by atoms with van der Waals surface area (Å²) in [6, 6.07) is 6.53. The van der Waals surface area contributed by atoms with Crippen molar-refractivity contribution in [1.82, 2.24) is 0 Å². The molecule has 0 aliphatic carbocycles. The van der Waals surface area contributed by atoms with Gasteiger partial charge in [0.25, 0.3) is 10.1 Å². The van der Waals surface area contributed by atoms with Crippen molar-refractivity contribution in [2.24, 2.45) is 0 Å². The van der Waals surface area contributed by atoms with Gasteiger partial charge in [-0.3, -0.25) is 4.55 Å². The fraction of sp³-hybridized carbons (Fsp3) is 0.143. The molecule has 0 atom stereocenters. The van der Waals surface area contributed by atoms with Gasteiger partial charge in [-0.2, -0.15) is 8.42 Å². The second-order valence-corrected chi connectivity index (χ2v) is 5.76. The molecule has 2 rings (SSSR count). The molecular formula is C14H13LiO7S. The van der Waals surface area contributed by atoms with Crippen molar-refractivity contribution >= 4 is 51.7 Å². The Kier molecular flexibility index (Phi) is 5.96. The summed E-state index contributed by atoms with van der Waals surface area (Å²) in [6.07, 6.45) is 0. The van der Waals surface area contributed by atoms with Gasteiger partial charge >= 0.3 is 30.8 Å². The van der Waals surface area contributed by atoms with Crippen LogP contribution in [0.15, 0.2) is 35.2 Å². The number of carbonyl (C=O) groups excluding carboxylic acids is 2. The Morgan fingerprint density at radius 3 is 2.04 bits per heavy atom. The van der Waals surface area contributed by atoms with Crippen LogP contribution in [0, 0.1) is 0 Å². The first-order valence-electron chi connectivity index (χ1n) is 6.00. The molecule has 118 valence electrons. The van der Waals surface area contributed by atoms with E-state index in [1.165, 1.54) is 31.4 Å². The van der Waals surface area contributed by atoms with Gasteiger partial charge in [0.2, 0.25) is 0 Å². The van der Waals surface area contributed by atoms with Gasteiger partial charge in [-0.25, -0.2) is 9.59 Å². The van der Waals surface area contributed by atoms with Crippen LogP contribution in [-0.2, 0) is 19.6 Å². The van der Waals surface area contributed by atoms with E-state index in [9.17, 15) is 22.6 Å².